The van der Waals surface area contributed by atoms with E-state index in [9.17, 15) is 19.2 Å². The molecule has 2 radical (unpaired) electrons. The molecule has 0 saturated carbocycles. The minimum absolute atomic E-state index is 0.0227. The number of hydrazine groups is 1. The Hall–Kier alpha value is -2.12. The van der Waals surface area contributed by atoms with Crippen molar-refractivity contribution >= 4 is 46.5 Å². The Morgan fingerprint density at radius 1 is 1.00 bits per heavy atom. The van der Waals surface area contributed by atoms with E-state index in [2.05, 4.69) is 16.2 Å². The van der Waals surface area contributed by atoms with Gasteiger partial charge in [0.1, 0.15) is 5.78 Å². The molecule has 10 heteroatoms. The third kappa shape index (κ3) is 16.5. The number of carbonyl (C=O) groups is 4. The average molecular weight is 615 g/mol. The Morgan fingerprint density at radius 3 is 2.11 bits per heavy atom. The van der Waals surface area contributed by atoms with E-state index in [4.69, 9.17) is 10.5 Å². The average Bonchev–Trinajstić information content (AvgIpc) is 2.90. The molecule has 0 aromatic heterocycles. The second-order valence-corrected chi connectivity index (χ2v) is 9.44. The third-order valence-electron chi connectivity index (χ3n) is 4.67. The molecule has 204 valence electrons. The molecule has 0 aliphatic heterocycles. The maximum absolute atomic E-state index is 12.0. The van der Waals surface area contributed by atoms with Crippen molar-refractivity contribution in [2.75, 3.05) is 13.2 Å². The fourth-order valence-corrected chi connectivity index (χ4v) is 4.16. The first kappa shape index (κ1) is 36.0. The zero-order valence-corrected chi connectivity index (χ0v) is 25.4. The third-order valence-corrected chi connectivity index (χ3v) is 5.91. The van der Waals surface area contributed by atoms with Gasteiger partial charge in [-0.25, -0.2) is 0 Å². The molecular weight excluding hydrogens is 570 g/mol. The molecule has 1 rings (SSSR count). The number of hydrogen-bond donors (Lipinski definition) is 4. The van der Waals surface area contributed by atoms with Gasteiger partial charge in [0.15, 0.2) is 0 Å². The van der Waals surface area contributed by atoms with E-state index in [1.165, 1.54) is 23.0 Å². The number of nitrogens with two attached hydrogens (primary N) is 1. The van der Waals surface area contributed by atoms with Crippen molar-refractivity contribution in [3.05, 3.63) is 29.8 Å². The van der Waals surface area contributed by atoms with Gasteiger partial charge in [-0.05, 0) is 6.42 Å². The SMILES string of the molecule is CC.CC.CCC(=O)C(N)CCC(=O)NNC(=O)NCCOc1ccc(C[CH]([Sb])C(=O)C(C)C)cc1. The van der Waals surface area contributed by atoms with Crippen LogP contribution in [0.3, 0.4) is 0 Å². The summed E-state index contributed by atoms with van der Waals surface area (Å²) in [6.07, 6.45) is 1.30. The van der Waals surface area contributed by atoms with Crippen LogP contribution in [0.4, 0.5) is 4.79 Å². The van der Waals surface area contributed by atoms with E-state index in [-0.39, 0.29) is 47.3 Å². The predicted molar refractivity (Wildman–Crippen MR) is 145 cm³/mol. The van der Waals surface area contributed by atoms with Crippen LogP contribution in [0.1, 0.15) is 73.3 Å². The van der Waals surface area contributed by atoms with Gasteiger partial charge in [-0.1, -0.05) is 34.6 Å². The van der Waals surface area contributed by atoms with Crippen molar-refractivity contribution in [1.29, 1.82) is 0 Å². The number of Topliss-reactive ketones (excluding diaryl/α,β-unsaturated/α-hetero) is 2. The number of hydrogen-bond acceptors (Lipinski definition) is 6. The quantitative estimate of drug-likeness (QED) is 0.153. The summed E-state index contributed by atoms with van der Waals surface area (Å²) >= 11 is 1.54. The number of rotatable bonds is 13. The summed E-state index contributed by atoms with van der Waals surface area (Å²) in [6.45, 7) is 14.0. The number of amides is 3. The van der Waals surface area contributed by atoms with Gasteiger partial charge in [0.2, 0.25) is 5.91 Å². The topological polar surface area (TPSA) is 140 Å². The van der Waals surface area contributed by atoms with Crippen LogP contribution in [0.25, 0.3) is 0 Å². The number of carbonyl (C=O) groups excluding carboxylic acids is 4. The van der Waals surface area contributed by atoms with Crippen molar-refractivity contribution < 1.29 is 23.9 Å². The molecule has 0 heterocycles. The summed E-state index contributed by atoms with van der Waals surface area (Å²) in [5.74, 6) is 0.444. The molecule has 0 saturated heterocycles. The van der Waals surface area contributed by atoms with Crippen LogP contribution in [-0.4, -0.2) is 65.7 Å². The number of nitrogens with one attached hydrogen (secondary N) is 3. The standard InChI is InChI=1S/C22H33N4O5.2C2H6.Sb/c1-4-19(27)18(23)10-12-21(29)25-26-22(30)24-13-14-31-17-8-5-16(6-9-17)7-11-20(28)15(2)3;2*1-2;/h5-6,8-9,11,15,18H,4,7,10,12-14,23H2,1-3H3,(H,25,29)(H2,24,26,30);2*1-2H3;. The summed E-state index contributed by atoms with van der Waals surface area (Å²) in [4.78, 5) is 46.8. The van der Waals surface area contributed by atoms with Crippen LogP contribution in [0.5, 0.6) is 5.75 Å². The summed E-state index contributed by atoms with van der Waals surface area (Å²) < 4.78 is 5.61. The van der Waals surface area contributed by atoms with Gasteiger partial charge in [-0.2, -0.15) is 0 Å². The van der Waals surface area contributed by atoms with Crippen molar-refractivity contribution in [2.45, 2.75) is 84.1 Å². The van der Waals surface area contributed by atoms with Crippen molar-refractivity contribution in [3.63, 3.8) is 0 Å². The fourth-order valence-electron chi connectivity index (χ4n) is 2.71. The van der Waals surface area contributed by atoms with Crippen molar-refractivity contribution in [1.82, 2.24) is 16.2 Å². The van der Waals surface area contributed by atoms with Crippen molar-refractivity contribution in [2.24, 2.45) is 11.7 Å². The Labute approximate surface area is 230 Å². The predicted octanol–water partition coefficient (Wildman–Crippen LogP) is 3.26. The molecule has 3 amide bonds. The van der Waals surface area contributed by atoms with Crippen LogP contribution < -0.4 is 26.6 Å². The Morgan fingerprint density at radius 2 is 1.58 bits per heavy atom. The van der Waals surface area contributed by atoms with Gasteiger partial charge in [-0.3, -0.25) is 15.0 Å². The molecule has 0 fully saturated rings. The molecule has 36 heavy (non-hydrogen) atoms. The molecule has 0 bridgehead atoms. The summed E-state index contributed by atoms with van der Waals surface area (Å²) in [5.41, 5.74) is 11.2. The van der Waals surface area contributed by atoms with Crippen molar-refractivity contribution in [3.8, 4) is 5.75 Å². The summed E-state index contributed by atoms with van der Waals surface area (Å²) in [6, 6.07) is 6.30. The van der Waals surface area contributed by atoms with Gasteiger partial charge in [0.05, 0.1) is 6.04 Å². The molecule has 1 aromatic rings. The Balaban J connectivity index is 0. The number of benzene rings is 1. The molecule has 2 unspecified atom stereocenters. The Bertz CT molecular complexity index is 772. The first-order chi connectivity index (χ1) is 17.1. The fraction of sp³-hybridized carbons (Fsp3) is 0.615. The zero-order valence-electron chi connectivity index (χ0n) is 22.8. The summed E-state index contributed by atoms with van der Waals surface area (Å²) in [5, 5.41) is 2.56. The van der Waals surface area contributed by atoms with Crippen LogP contribution in [0.15, 0.2) is 24.3 Å². The van der Waals surface area contributed by atoms with E-state index < -0.39 is 18.0 Å². The van der Waals surface area contributed by atoms with Crippen LogP contribution in [0.2, 0.25) is 3.86 Å². The molecule has 5 N–H and O–H groups in total. The van der Waals surface area contributed by atoms with E-state index in [0.29, 0.717) is 18.6 Å². The Kier molecular flexibility index (Phi) is 22.1. The van der Waals surface area contributed by atoms with Gasteiger partial charge in [0.25, 0.3) is 0 Å². The first-order valence-corrected chi connectivity index (χ1v) is 14.2. The second kappa shape index (κ2) is 22.1. The van der Waals surface area contributed by atoms with Gasteiger partial charge in [-0.15, -0.1) is 0 Å². The minimum atomic E-state index is -0.669. The van der Waals surface area contributed by atoms with Gasteiger partial charge >= 0.3 is 139 Å². The molecule has 2 atom stereocenters. The molecule has 9 nitrogen and oxygen atoms in total. The maximum atomic E-state index is 12.0. The molecular formula is C26H45N4O5Sb. The van der Waals surface area contributed by atoms with Gasteiger partial charge in [0, 0.05) is 12.8 Å². The second-order valence-electron chi connectivity index (χ2n) is 7.66. The number of ether oxygens (including phenoxy) is 1. The van der Waals surface area contributed by atoms with E-state index in [1.807, 2.05) is 65.8 Å². The molecule has 0 aliphatic rings. The normalized spacial score (nSPS) is 11.5. The van der Waals surface area contributed by atoms with E-state index in [1.54, 1.807) is 6.92 Å². The first-order valence-electron chi connectivity index (χ1n) is 12.7. The van der Waals surface area contributed by atoms with E-state index in [0.717, 1.165) is 5.56 Å². The molecule has 1 aromatic carbocycles. The molecule has 0 aliphatic carbocycles. The van der Waals surface area contributed by atoms with Crippen LogP contribution >= 0.6 is 0 Å². The summed E-state index contributed by atoms with van der Waals surface area (Å²) in [7, 11) is 0. The molecule has 0 spiro atoms. The monoisotopic (exact) mass is 614 g/mol. The van der Waals surface area contributed by atoms with E-state index >= 15 is 0 Å². The number of ketones is 2. The van der Waals surface area contributed by atoms with Gasteiger partial charge < -0.3 is 5.73 Å². The van der Waals surface area contributed by atoms with Crippen LogP contribution in [-0.2, 0) is 20.8 Å². The van der Waals surface area contributed by atoms with Crippen LogP contribution in [0, 0.1) is 5.92 Å². The zero-order chi connectivity index (χ0) is 28.1. The number of urea groups is 1.